The van der Waals surface area contributed by atoms with Gasteiger partial charge in [0.1, 0.15) is 0 Å². The van der Waals surface area contributed by atoms with Crippen molar-refractivity contribution in [2.45, 2.75) is 38.6 Å². The molecule has 0 spiro atoms. The largest absolute Gasteiger partial charge is 0.369 e. The molecule has 1 aliphatic heterocycles. The van der Waals surface area contributed by atoms with Gasteiger partial charge in [-0.05, 0) is 33.2 Å². The van der Waals surface area contributed by atoms with Gasteiger partial charge in [-0.2, -0.15) is 0 Å². The van der Waals surface area contributed by atoms with Crippen LogP contribution in [-0.2, 0) is 0 Å². The Morgan fingerprint density at radius 3 is 3.00 bits per heavy atom. The normalized spacial score (nSPS) is 21.9. The van der Waals surface area contributed by atoms with Crippen LogP contribution in [0.3, 0.4) is 0 Å². The van der Waals surface area contributed by atoms with Crippen LogP contribution < -0.4 is 11.3 Å². The molecule has 0 aliphatic carbocycles. The number of nitrogens with two attached hydrogens (primary N) is 1. The van der Waals surface area contributed by atoms with Gasteiger partial charge in [0.15, 0.2) is 0 Å². The molecule has 0 bridgehead atoms. The highest BCUT2D eigenvalue weighted by Crippen LogP contribution is 2.26. The zero-order chi connectivity index (χ0) is 12.4. The molecule has 1 aromatic rings. The number of piperidine rings is 1. The Hall–Kier alpha value is -1.36. The van der Waals surface area contributed by atoms with Crippen LogP contribution in [0.5, 0.6) is 0 Å². The molecule has 3 N–H and O–H groups in total. The Morgan fingerprint density at radius 1 is 1.59 bits per heavy atom. The van der Waals surface area contributed by atoms with E-state index in [0.29, 0.717) is 12.0 Å². The summed E-state index contributed by atoms with van der Waals surface area (Å²) in [5, 5.41) is 0. The Balaban J connectivity index is 2.18. The van der Waals surface area contributed by atoms with E-state index >= 15 is 0 Å². The number of nitrogens with one attached hydrogen (secondary N) is 1. The van der Waals surface area contributed by atoms with Crippen LogP contribution in [0.4, 0.5) is 5.95 Å². The third-order valence-corrected chi connectivity index (χ3v) is 3.38. The maximum absolute atomic E-state index is 11.4. The lowest BCUT2D eigenvalue weighted by atomic mass is 9.94. The lowest BCUT2D eigenvalue weighted by molar-refractivity contribution is 0.166. The van der Waals surface area contributed by atoms with Gasteiger partial charge in [0.2, 0.25) is 5.95 Å². The van der Waals surface area contributed by atoms with Crippen molar-refractivity contribution in [1.29, 1.82) is 0 Å². The number of aromatic nitrogens is 2. The monoisotopic (exact) mass is 236 g/mol. The van der Waals surface area contributed by atoms with Gasteiger partial charge in [-0.15, -0.1) is 0 Å². The van der Waals surface area contributed by atoms with Crippen LogP contribution in [0.15, 0.2) is 10.9 Å². The molecule has 1 unspecified atom stereocenters. The average Bonchev–Trinajstić information content (AvgIpc) is 2.28. The van der Waals surface area contributed by atoms with Gasteiger partial charge in [0, 0.05) is 24.6 Å². The fourth-order valence-electron chi connectivity index (χ4n) is 2.42. The van der Waals surface area contributed by atoms with E-state index in [-0.39, 0.29) is 11.5 Å². The topological polar surface area (TPSA) is 75.0 Å². The van der Waals surface area contributed by atoms with Gasteiger partial charge >= 0.3 is 0 Å². The first-order chi connectivity index (χ1) is 8.06. The first-order valence-electron chi connectivity index (χ1n) is 6.17. The van der Waals surface area contributed by atoms with E-state index in [4.69, 9.17) is 5.73 Å². The number of nitrogen functional groups attached to an aromatic ring is 1. The number of H-pyrrole nitrogens is 1. The minimum Gasteiger partial charge on any atom is -0.369 e. The lowest BCUT2D eigenvalue weighted by Crippen LogP contribution is -2.39. The van der Waals surface area contributed by atoms with Crippen LogP contribution in [0.1, 0.15) is 38.3 Å². The van der Waals surface area contributed by atoms with Crippen molar-refractivity contribution >= 4 is 5.95 Å². The standard InChI is InChI=1S/C12H20N4O/c1-8(2)16-5-3-4-9(7-16)10-6-11(17)15-12(13)14-10/h6,8-9H,3-5,7H2,1-2H3,(H3,13,14,15,17). The van der Waals surface area contributed by atoms with Gasteiger partial charge in [-0.3, -0.25) is 9.78 Å². The summed E-state index contributed by atoms with van der Waals surface area (Å²) in [6, 6.07) is 2.11. The second-order valence-electron chi connectivity index (χ2n) is 4.98. The van der Waals surface area contributed by atoms with Gasteiger partial charge in [0.05, 0.1) is 5.69 Å². The summed E-state index contributed by atoms with van der Waals surface area (Å²) in [6.07, 6.45) is 2.23. The summed E-state index contributed by atoms with van der Waals surface area (Å²) < 4.78 is 0. The van der Waals surface area contributed by atoms with E-state index in [1.54, 1.807) is 6.07 Å². The molecule has 2 rings (SSSR count). The predicted octanol–water partition coefficient (Wildman–Crippen LogP) is 0.940. The fraction of sp³-hybridized carbons (Fsp3) is 0.667. The molecular formula is C12H20N4O. The van der Waals surface area contributed by atoms with Gasteiger partial charge in [-0.1, -0.05) is 0 Å². The van der Waals surface area contributed by atoms with Crippen molar-refractivity contribution in [2.75, 3.05) is 18.8 Å². The van der Waals surface area contributed by atoms with Crippen LogP contribution >= 0.6 is 0 Å². The third kappa shape index (κ3) is 2.85. The second-order valence-corrected chi connectivity index (χ2v) is 4.98. The van der Waals surface area contributed by atoms with E-state index in [1.165, 1.54) is 0 Å². The minimum atomic E-state index is -0.158. The molecule has 2 heterocycles. The van der Waals surface area contributed by atoms with Crippen molar-refractivity contribution < 1.29 is 0 Å². The number of hydrogen-bond donors (Lipinski definition) is 2. The van der Waals surface area contributed by atoms with Crippen molar-refractivity contribution in [2.24, 2.45) is 0 Å². The minimum absolute atomic E-state index is 0.158. The third-order valence-electron chi connectivity index (χ3n) is 3.38. The van der Waals surface area contributed by atoms with Crippen LogP contribution in [0, 0.1) is 0 Å². The van der Waals surface area contributed by atoms with E-state index in [2.05, 4.69) is 28.7 Å². The van der Waals surface area contributed by atoms with Crippen molar-refractivity contribution in [1.82, 2.24) is 14.9 Å². The highest BCUT2D eigenvalue weighted by Gasteiger charge is 2.24. The van der Waals surface area contributed by atoms with Gasteiger partial charge in [0.25, 0.3) is 5.56 Å². The van der Waals surface area contributed by atoms with Gasteiger partial charge in [-0.25, -0.2) is 4.98 Å². The SMILES string of the molecule is CC(C)N1CCCC(c2cc(=O)[nH]c(N)n2)C1. The highest BCUT2D eigenvalue weighted by molar-refractivity contribution is 5.20. The highest BCUT2D eigenvalue weighted by atomic mass is 16.1. The summed E-state index contributed by atoms with van der Waals surface area (Å²) >= 11 is 0. The molecule has 1 saturated heterocycles. The molecule has 0 amide bonds. The zero-order valence-electron chi connectivity index (χ0n) is 10.4. The smallest absolute Gasteiger partial charge is 0.252 e. The molecule has 1 atom stereocenters. The molecule has 0 radical (unpaired) electrons. The van der Waals surface area contributed by atoms with E-state index in [1.807, 2.05) is 0 Å². The van der Waals surface area contributed by atoms with E-state index in [0.717, 1.165) is 31.6 Å². The molecule has 1 fully saturated rings. The molecular weight excluding hydrogens is 216 g/mol. The molecule has 5 heteroatoms. The number of anilines is 1. The Kier molecular flexibility index (Phi) is 3.47. The van der Waals surface area contributed by atoms with Crippen LogP contribution in [-0.4, -0.2) is 34.0 Å². The van der Waals surface area contributed by atoms with E-state index in [9.17, 15) is 4.79 Å². The molecule has 0 saturated carbocycles. The van der Waals surface area contributed by atoms with Crippen LogP contribution in [0.2, 0.25) is 0 Å². The quantitative estimate of drug-likeness (QED) is 0.801. The molecule has 0 aromatic carbocycles. The summed E-state index contributed by atoms with van der Waals surface area (Å²) in [7, 11) is 0. The summed E-state index contributed by atoms with van der Waals surface area (Å²) in [4.78, 5) is 20.5. The average molecular weight is 236 g/mol. The summed E-state index contributed by atoms with van der Waals surface area (Å²) in [5.74, 6) is 0.546. The maximum Gasteiger partial charge on any atom is 0.252 e. The van der Waals surface area contributed by atoms with E-state index < -0.39 is 0 Å². The van der Waals surface area contributed by atoms with Crippen molar-refractivity contribution in [3.05, 3.63) is 22.1 Å². The second kappa shape index (κ2) is 4.87. The molecule has 5 nitrogen and oxygen atoms in total. The molecule has 94 valence electrons. The van der Waals surface area contributed by atoms with Gasteiger partial charge < -0.3 is 10.6 Å². The van der Waals surface area contributed by atoms with Crippen molar-refractivity contribution in [3.63, 3.8) is 0 Å². The first-order valence-corrected chi connectivity index (χ1v) is 6.17. The summed E-state index contributed by atoms with van der Waals surface area (Å²) in [5.41, 5.74) is 6.25. The number of rotatable bonds is 2. The Morgan fingerprint density at radius 2 is 2.35 bits per heavy atom. The zero-order valence-corrected chi connectivity index (χ0v) is 10.4. The van der Waals surface area contributed by atoms with Crippen molar-refractivity contribution in [3.8, 4) is 0 Å². The first kappa shape index (κ1) is 12.1. The Bertz CT molecular complexity index is 440. The lowest BCUT2D eigenvalue weighted by Gasteiger charge is -2.35. The number of aromatic amines is 1. The molecule has 17 heavy (non-hydrogen) atoms. The Labute approximate surface area is 101 Å². The number of hydrogen-bond acceptors (Lipinski definition) is 4. The number of nitrogens with zero attached hydrogens (tertiary/aromatic N) is 2. The fourth-order valence-corrected chi connectivity index (χ4v) is 2.42. The molecule has 1 aliphatic rings. The van der Waals surface area contributed by atoms with Crippen LogP contribution in [0.25, 0.3) is 0 Å². The maximum atomic E-state index is 11.4. The predicted molar refractivity (Wildman–Crippen MR) is 68.0 cm³/mol. The molecule has 1 aromatic heterocycles. The summed E-state index contributed by atoms with van der Waals surface area (Å²) in [6.45, 7) is 6.49. The number of likely N-dealkylation sites (tertiary alicyclic amines) is 1.